The predicted octanol–water partition coefficient (Wildman–Crippen LogP) is 4.87. The topological polar surface area (TPSA) is 29.5 Å². The van der Waals surface area contributed by atoms with E-state index in [0.717, 1.165) is 0 Å². The van der Waals surface area contributed by atoms with Gasteiger partial charge in [-0.05, 0) is 47.1 Å². The van der Waals surface area contributed by atoms with E-state index in [0.29, 0.717) is 26.4 Å². The Morgan fingerprint density at radius 3 is 2.80 bits per heavy atom. The smallest absolute Gasteiger partial charge is 0.137 e. The third-order valence-corrected chi connectivity index (χ3v) is 3.96. The van der Waals surface area contributed by atoms with Crippen molar-refractivity contribution in [2.45, 2.75) is 19.6 Å². The molecule has 0 bridgehead atoms. The van der Waals surface area contributed by atoms with Crippen LogP contribution in [0.1, 0.15) is 24.2 Å². The van der Waals surface area contributed by atoms with Crippen LogP contribution in [0.15, 0.2) is 40.9 Å². The van der Waals surface area contributed by atoms with Gasteiger partial charge in [-0.3, -0.25) is 0 Å². The summed E-state index contributed by atoms with van der Waals surface area (Å²) in [5.74, 6) is 0.193. The molecule has 0 saturated carbocycles. The van der Waals surface area contributed by atoms with E-state index in [9.17, 15) is 9.50 Å². The van der Waals surface area contributed by atoms with Crippen LogP contribution in [0.5, 0.6) is 5.75 Å². The zero-order chi connectivity index (χ0) is 14.7. The van der Waals surface area contributed by atoms with Crippen molar-refractivity contribution in [3.63, 3.8) is 0 Å². The van der Waals surface area contributed by atoms with Gasteiger partial charge in [0, 0.05) is 16.1 Å². The summed E-state index contributed by atoms with van der Waals surface area (Å²) in [6.45, 7) is 1.83. The Hall–Kier alpha value is -1.10. The molecule has 0 unspecified atom stereocenters. The normalized spacial score (nSPS) is 12.2. The van der Waals surface area contributed by atoms with Gasteiger partial charge in [0.2, 0.25) is 0 Å². The molecule has 20 heavy (non-hydrogen) atoms. The molecular weight excluding hydrogens is 347 g/mol. The molecule has 0 aromatic heterocycles. The van der Waals surface area contributed by atoms with Crippen molar-refractivity contribution in [1.82, 2.24) is 0 Å². The molecule has 0 aliphatic heterocycles. The van der Waals surface area contributed by atoms with Gasteiger partial charge in [-0.15, -0.1) is 0 Å². The first-order chi connectivity index (χ1) is 9.49. The molecular formula is C15H13BrClFO2. The van der Waals surface area contributed by atoms with Gasteiger partial charge in [0.05, 0.1) is 10.6 Å². The molecule has 106 valence electrons. The maximum atomic E-state index is 13.4. The highest BCUT2D eigenvalue weighted by atomic mass is 79.9. The van der Waals surface area contributed by atoms with Gasteiger partial charge in [0.25, 0.3) is 0 Å². The van der Waals surface area contributed by atoms with Crippen LogP contribution in [0.3, 0.4) is 0 Å². The van der Waals surface area contributed by atoms with Gasteiger partial charge in [-0.25, -0.2) is 4.39 Å². The van der Waals surface area contributed by atoms with E-state index in [1.807, 2.05) is 0 Å². The third-order valence-electron chi connectivity index (χ3n) is 2.84. The monoisotopic (exact) mass is 358 g/mol. The number of hydrogen-bond donors (Lipinski definition) is 1. The van der Waals surface area contributed by atoms with Crippen LogP contribution < -0.4 is 4.74 Å². The Balaban J connectivity index is 2.21. The van der Waals surface area contributed by atoms with E-state index in [2.05, 4.69) is 15.9 Å². The van der Waals surface area contributed by atoms with E-state index >= 15 is 0 Å². The van der Waals surface area contributed by atoms with E-state index in [-0.39, 0.29) is 12.4 Å². The fourth-order valence-corrected chi connectivity index (χ4v) is 2.35. The summed E-state index contributed by atoms with van der Waals surface area (Å²) in [6, 6.07) is 9.79. The molecule has 0 amide bonds. The molecule has 2 aromatic rings. The van der Waals surface area contributed by atoms with Crippen molar-refractivity contribution in [3.8, 4) is 5.75 Å². The lowest BCUT2D eigenvalue weighted by Crippen LogP contribution is -2.02. The number of hydrogen-bond acceptors (Lipinski definition) is 2. The highest BCUT2D eigenvalue weighted by Gasteiger charge is 2.11. The summed E-state index contributed by atoms with van der Waals surface area (Å²) in [5, 5.41) is 10.2. The second-order valence-electron chi connectivity index (χ2n) is 4.36. The van der Waals surface area contributed by atoms with Crippen LogP contribution in [-0.2, 0) is 6.61 Å². The largest absolute Gasteiger partial charge is 0.488 e. The quantitative estimate of drug-likeness (QED) is 0.843. The van der Waals surface area contributed by atoms with Gasteiger partial charge in [-0.2, -0.15) is 0 Å². The van der Waals surface area contributed by atoms with Gasteiger partial charge in [0.15, 0.2) is 0 Å². The van der Waals surface area contributed by atoms with Crippen molar-refractivity contribution in [2.75, 3.05) is 0 Å². The van der Waals surface area contributed by atoms with Crippen LogP contribution in [0.25, 0.3) is 0 Å². The number of halogens is 3. The fraction of sp³-hybridized carbons (Fsp3) is 0.200. The van der Waals surface area contributed by atoms with Crippen LogP contribution >= 0.6 is 27.5 Å². The first kappa shape index (κ1) is 15.3. The standard InChI is InChI=1S/C15H13BrClFO2/c1-9(19)12-7-11(17)5-6-14(12)20-8-10-3-2-4-13(18)15(10)16/h2-7,9,19H,8H2,1H3/t9-/m0/s1. The highest BCUT2D eigenvalue weighted by Crippen LogP contribution is 2.30. The lowest BCUT2D eigenvalue weighted by Gasteiger charge is -2.14. The summed E-state index contributed by atoms with van der Waals surface area (Å²) in [6.07, 6.45) is -0.695. The average Bonchev–Trinajstić information content (AvgIpc) is 2.41. The maximum absolute atomic E-state index is 13.4. The molecule has 0 saturated heterocycles. The Morgan fingerprint density at radius 2 is 2.10 bits per heavy atom. The summed E-state index contributed by atoms with van der Waals surface area (Å²) in [4.78, 5) is 0. The number of benzene rings is 2. The molecule has 2 rings (SSSR count). The zero-order valence-corrected chi connectivity index (χ0v) is 13.1. The summed E-state index contributed by atoms with van der Waals surface area (Å²) in [5.41, 5.74) is 1.29. The molecule has 1 N–H and O–H groups in total. The molecule has 1 atom stereocenters. The molecule has 0 fully saturated rings. The SMILES string of the molecule is C[C@H](O)c1cc(Cl)ccc1OCc1cccc(F)c1Br. The van der Waals surface area contributed by atoms with Crippen LogP contribution in [0.4, 0.5) is 4.39 Å². The summed E-state index contributed by atoms with van der Waals surface area (Å²) >= 11 is 9.09. The van der Waals surface area contributed by atoms with E-state index in [1.165, 1.54) is 6.07 Å². The second kappa shape index (κ2) is 6.57. The van der Waals surface area contributed by atoms with Gasteiger partial charge < -0.3 is 9.84 Å². The van der Waals surface area contributed by atoms with Crippen molar-refractivity contribution in [1.29, 1.82) is 0 Å². The lowest BCUT2D eigenvalue weighted by molar-refractivity contribution is 0.190. The minimum atomic E-state index is -0.695. The maximum Gasteiger partial charge on any atom is 0.137 e. The van der Waals surface area contributed by atoms with Gasteiger partial charge in [0.1, 0.15) is 18.2 Å². The highest BCUT2D eigenvalue weighted by molar-refractivity contribution is 9.10. The summed E-state index contributed by atoms with van der Waals surface area (Å²) < 4.78 is 19.4. The zero-order valence-electron chi connectivity index (χ0n) is 10.7. The first-order valence-corrected chi connectivity index (χ1v) is 7.19. The molecule has 5 heteroatoms. The van der Waals surface area contributed by atoms with E-state index < -0.39 is 6.10 Å². The third kappa shape index (κ3) is 3.51. The molecule has 2 nitrogen and oxygen atoms in total. The van der Waals surface area contributed by atoms with Crippen LogP contribution in [0, 0.1) is 5.82 Å². The van der Waals surface area contributed by atoms with Crippen molar-refractivity contribution in [3.05, 3.63) is 62.8 Å². The molecule has 0 aliphatic rings. The number of rotatable bonds is 4. The summed E-state index contributed by atoms with van der Waals surface area (Å²) in [7, 11) is 0. The van der Waals surface area contributed by atoms with E-state index in [4.69, 9.17) is 16.3 Å². The predicted molar refractivity (Wildman–Crippen MR) is 80.5 cm³/mol. The Bertz CT molecular complexity index is 617. The second-order valence-corrected chi connectivity index (χ2v) is 5.59. The van der Waals surface area contributed by atoms with Crippen LogP contribution in [-0.4, -0.2) is 5.11 Å². The number of aliphatic hydroxyl groups excluding tert-OH is 1. The molecule has 0 aliphatic carbocycles. The molecule has 2 aromatic carbocycles. The average molecular weight is 360 g/mol. The van der Waals surface area contributed by atoms with Gasteiger partial charge >= 0.3 is 0 Å². The number of aliphatic hydroxyl groups is 1. The minimum absolute atomic E-state index is 0.194. The van der Waals surface area contributed by atoms with E-state index in [1.54, 1.807) is 37.3 Å². The Morgan fingerprint density at radius 1 is 1.35 bits per heavy atom. The lowest BCUT2D eigenvalue weighted by atomic mass is 10.1. The Labute approximate surface area is 130 Å². The molecule has 0 radical (unpaired) electrons. The van der Waals surface area contributed by atoms with Crippen molar-refractivity contribution in [2.24, 2.45) is 0 Å². The first-order valence-electron chi connectivity index (χ1n) is 6.02. The van der Waals surface area contributed by atoms with Crippen molar-refractivity contribution < 1.29 is 14.2 Å². The van der Waals surface area contributed by atoms with Gasteiger partial charge in [-0.1, -0.05) is 23.7 Å². The number of ether oxygens (including phenoxy) is 1. The minimum Gasteiger partial charge on any atom is -0.488 e. The van der Waals surface area contributed by atoms with Crippen molar-refractivity contribution >= 4 is 27.5 Å². The van der Waals surface area contributed by atoms with Crippen LogP contribution in [0.2, 0.25) is 5.02 Å². The Kier molecular flexibility index (Phi) is 5.02. The molecule has 0 heterocycles. The molecule has 0 spiro atoms. The fourth-order valence-electron chi connectivity index (χ4n) is 1.79.